The van der Waals surface area contributed by atoms with Gasteiger partial charge in [0.1, 0.15) is 0 Å². The third-order valence-electron chi connectivity index (χ3n) is 4.62. The minimum atomic E-state index is 0.336. The van der Waals surface area contributed by atoms with Crippen molar-refractivity contribution >= 4 is 28.3 Å². The fraction of sp³-hybridized carbons (Fsp3) is 0.688. The van der Waals surface area contributed by atoms with Crippen LogP contribution in [0.1, 0.15) is 56.9 Å². The molecule has 1 spiro atoms. The molecule has 0 radical (unpaired) electrons. The molecule has 1 saturated heterocycles. The van der Waals surface area contributed by atoms with Gasteiger partial charge in [0.15, 0.2) is 5.17 Å². The maximum atomic E-state index is 4.98. The van der Waals surface area contributed by atoms with Crippen LogP contribution in [0.2, 0.25) is 0 Å². The first-order valence-corrected chi connectivity index (χ1v) is 9.59. The summed E-state index contributed by atoms with van der Waals surface area (Å²) in [6, 6.07) is 4.67. The quantitative estimate of drug-likeness (QED) is 0.864. The number of rotatable bonds is 3. The maximum Gasteiger partial charge on any atom is 0.157 e. The average molecular weight is 309 g/mol. The minimum absolute atomic E-state index is 0.336. The van der Waals surface area contributed by atoms with Gasteiger partial charge in [-0.15, -0.1) is 11.3 Å². The van der Waals surface area contributed by atoms with Crippen molar-refractivity contribution in [1.29, 1.82) is 0 Å². The standard InChI is InChI=1S/C16H24N2S2/c1-3-13(14-5-4-10-19-14)17-15-18-16(11-20-15)8-6-12(2)7-9-16/h4-5,10,12-13H,3,6-9,11H2,1-2H3,(H,17,18). The Labute approximate surface area is 130 Å². The van der Waals surface area contributed by atoms with E-state index in [1.807, 2.05) is 23.1 Å². The molecule has 1 aliphatic carbocycles. The number of thiophene rings is 1. The van der Waals surface area contributed by atoms with Gasteiger partial charge in [0, 0.05) is 16.2 Å². The number of aliphatic imine (C=N–C) groups is 1. The Morgan fingerprint density at radius 2 is 2.25 bits per heavy atom. The summed E-state index contributed by atoms with van der Waals surface area (Å²) >= 11 is 3.76. The van der Waals surface area contributed by atoms with E-state index in [2.05, 4.69) is 36.7 Å². The Bertz CT molecular complexity index is 459. The topological polar surface area (TPSA) is 24.4 Å². The number of nitrogens with zero attached hydrogens (tertiary/aromatic N) is 1. The summed E-state index contributed by atoms with van der Waals surface area (Å²) < 4.78 is 0. The van der Waals surface area contributed by atoms with Gasteiger partial charge < -0.3 is 5.32 Å². The van der Waals surface area contributed by atoms with Crippen LogP contribution in [0.15, 0.2) is 22.5 Å². The molecular weight excluding hydrogens is 284 g/mol. The van der Waals surface area contributed by atoms with Gasteiger partial charge in [-0.25, -0.2) is 0 Å². The zero-order chi connectivity index (χ0) is 14.0. The Morgan fingerprint density at radius 3 is 2.90 bits per heavy atom. The van der Waals surface area contributed by atoms with Gasteiger partial charge in [0.05, 0.1) is 6.04 Å². The van der Waals surface area contributed by atoms with Crippen LogP contribution in [-0.4, -0.2) is 16.5 Å². The van der Waals surface area contributed by atoms with E-state index < -0.39 is 0 Å². The molecule has 1 aliphatic heterocycles. The highest BCUT2D eigenvalue weighted by atomic mass is 32.2. The summed E-state index contributed by atoms with van der Waals surface area (Å²) in [6.45, 7) is 4.61. The third kappa shape index (κ3) is 3.06. The minimum Gasteiger partial charge on any atom is -0.359 e. The van der Waals surface area contributed by atoms with Crippen molar-refractivity contribution in [1.82, 2.24) is 5.32 Å². The first-order chi connectivity index (χ1) is 9.71. The van der Waals surface area contributed by atoms with Gasteiger partial charge in [0.25, 0.3) is 0 Å². The predicted molar refractivity (Wildman–Crippen MR) is 90.7 cm³/mol. The lowest BCUT2D eigenvalue weighted by atomic mass is 9.78. The van der Waals surface area contributed by atoms with E-state index in [1.165, 1.54) is 41.5 Å². The largest absolute Gasteiger partial charge is 0.359 e. The normalized spacial score (nSPS) is 33.5. The Hall–Kier alpha value is -0.480. The predicted octanol–water partition coefficient (Wildman–Crippen LogP) is 4.84. The zero-order valence-electron chi connectivity index (χ0n) is 12.4. The lowest BCUT2D eigenvalue weighted by molar-refractivity contribution is 0.250. The van der Waals surface area contributed by atoms with Gasteiger partial charge in [0.2, 0.25) is 0 Å². The number of hydrogen-bond donors (Lipinski definition) is 1. The van der Waals surface area contributed by atoms with E-state index in [4.69, 9.17) is 4.99 Å². The molecule has 3 rings (SSSR count). The SMILES string of the molecule is CCC(N=C1NC2(CCC(C)CC2)CS1)c1cccs1. The molecule has 2 nitrogen and oxygen atoms in total. The second kappa shape index (κ2) is 6.10. The molecule has 110 valence electrons. The molecule has 2 heterocycles. The molecule has 0 aromatic carbocycles. The Balaban J connectivity index is 1.68. The van der Waals surface area contributed by atoms with Gasteiger partial charge in [-0.2, -0.15) is 0 Å². The van der Waals surface area contributed by atoms with Crippen LogP contribution in [0.4, 0.5) is 0 Å². The smallest absolute Gasteiger partial charge is 0.157 e. The average Bonchev–Trinajstić information content (AvgIpc) is 3.10. The maximum absolute atomic E-state index is 4.98. The molecule has 1 saturated carbocycles. The third-order valence-corrected chi connectivity index (χ3v) is 6.77. The fourth-order valence-electron chi connectivity index (χ4n) is 3.14. The molecule has 2 aliphatic rings. The van der Waals surface area contributed by atoms with Crippen LogP contribution < -0.4 is 5.32 Å². The van der Waals surface area contributed by atoms with E-state index in [9.17, 15) is 0 Å². The molecule has 0 bridgehead atoms. The van der Waals surface area contributed by atoms with E-state index >= 15 is 0 Å². The van der Waals surface area contributed by atoms with Gasteiger partial charge >= 0.3 is 0 Å². The molecule has 1 unspecified atom stereocenters. The number of thioether (sulfide) groups is 1. The fourth-order valence-corrected chi connectivity index (χ4v) is 5.25. The van der Waals surface area contributed by atoms with Crippen LogP contribution in [0, 0.1) is 5.92 Å². The second-order valence-electron chi connectivity index (χ2n) is 6.25. The first-order valence-electron chi connectivity index (χ1n) is 7.73. The first kappa shape index (κ1) is 14.5. The Kier molecular flexibility index (Phi) is 4.41. The molecule has 1 aromatic heterocycles. The van der Waals surface area contributed by atoms with Crippen molar-refractivity contribution in [3.8, 4) is 0 Å². The monoisotopic (exact) mass is 308 g/mol. The molecule has 4 heteroatoms. The molecule has 1 N–H and O–H groups in total. The van der Waals surface area contributed by atoms with Crippen LogP contribution in [0.25, 0.3) is 0 Å². The number of hydrogen-bond acceptors (Lipinski definition) is 3. The number of amidine groups is 1. The summed E-state index contributed by atoms with van der Waals surface area (Å²) in [6.07, 6.45) is 6.44. The van der Waals surface area contributed by atoms with Gasteiger partial charge in [-0.3, -0.25) is 4.99 Å². The molecule has 0 amide bonds. The van der Waals surface area contributed by atoms with Gasteiger partial charge in [-0.05, 0) is 49.5 Å². The van der Waals surface area contributed by atoms with Crippen LogP contribution in [-0.2, 0) is 0 Å². The van der Waals surface area contributed by atoms with Crippen molar-refractivity contribution in [2.75, 3.05) is 5.75 Å². The summed E-state index contributed by atoms with van der Waals surface area (Å²) in [4.78, 5) is 6.37. The summed E-state index contributed by atoms with van der Waals surface area (Å²) in [7, 11) is 0. The molecule has 1 aromatic rings. The highest BCUT2D eigenvalue weighted by Crippen LogP contribution is 2.39. The summed E-state index contributed by atoms with van der Waals surface area (Å²) in [5, 5.41) is 7.10. The van der Waals surface area contributed by atoms with Crippen LogP contribution in [0.5, 0.6) is 0 Å². The Morgan fingerprint density at radius 1 is 1.45 bits per heavy atom. The summed E-state index contributed by atoms with van der Waals surface area (Å²) in [5.41, 5.74) is 0.351. The van der Waals surface area contributed by atoms with Crippen molar-refractivity contribution < 1.29 is 0 Å². The van der Waals surface area contributed by atoms with Crippen molar-refractivity contribution in [2.24, 2.45) is 10.9 Å². The van der Waals surface area contributed by atoms with Crippen molar-refractivity contribution in [3.05, 3.63) is 22.4 Å². The molecular formula is C16H24N2S2. The molecule has 2 fully saturated rings. The molecule has 20 heavy (non-hydrogen) atoms. The van der Waals surface area contributed by atoms with E-state index in [-0.39, 0.29) is 0 Å². The highest BCUT2D eigenvalue weighted by molar-refractivity contribution is 8.14. The number of nitrogens with one attached hydrogen (secondary N) is 1. The van der Waals surface area contributed by atoms with E-state index in [0.717, 1.165) is 12.3 Å². The lowest BCUT2D eigenvalue weighted by Gasteiger charge is -2.35. The van der Waals surface area contributed by atoms with Crippen LogP contribution >= 0.6 is 23.1 Å². The van der Waals surface area contributed by atoms with Crippen molar-refractivity contribution in [2.45, 2.75) is 57.5 Å². The van der Waals surface area contributed by atoms with E-state index in [0.29, 0.717) is 11.6 Å². The highest BCUT2D eigenvalue weighted by Gasteiger charge is 2.39. The van der Waals surface area contributed by atoms with Gasteiger partial charge in [-0.1, -0.05) is 31.7 Å². The van der Waals surface area contributed by atoms with E-state index in [1.54, 1.807) is 0 Å². The summed E-state index contributed by atoms with van der Waals surface area (Å²) in [5.74, 6) is 2.11. The second-order valence-corrected chi connectivity index (χ2v) is 8.19. The van der Waals surface area contributed by atoms with Crippen LogP contribution in [0.3, 0.4) is 0 Å². The lowest BCUT2D eigenvalue weighted by Crippen LogP contribution is -2.46. The van der Waals surface area contributed by atoms with Crippen molar-refractivity contribution in [3.63, 3.8) is 0 Å². The zero-order valence-corrected chi connectivity index (χ0v) is 14.0. The molecule has 1 atom stereocenters.